The first-order chi connectivity index (χ1) is 8.02. The molecular weight excluding hydrogens is 246 g/mol. The second-order valence-electron chi connectivity index (χ2n) is 3.17. The van der Waals surface area contributed by atoms with Crippen LogP contribution < -0.4 is 0 Å². The first-order valence-corrected chi connectivity index (χ1v) is 5.76. The van der Waals surface area contributed by atoms with Crippen LogP contribution in [0.3, 0.4) is 0 Å². The minimum absolute atomic E-state index is 0.461. The molecule has 0 fully saturated rings. The molecule has 17 heavy (non-hydrogen) atoms. The van der Waals surface area contributed by atoms with Crippen LogP contribution in [0.1, 0.15) is 25.0 Å². The largest absolute Gasteiger partial charge is 0.382 e. The Morgan fingerprint density at radius 1 is 1.29 bits per heavy atom. The van der Waals surface area contributed by atoms with Crippen LogP contribution in [0.15, 0.2) is 24.3 Å². The van der Waals surface area contributed by atoms with Crippen LogP contribution in [0.4, 0.5) is 8.78 Å². The number of halogens is 3. The average molecular weight is 263 g/mol. The maximum Gasteiger partial charge on any atom is 0.270 e. The molecule has 0 amide bonds. The molecular formula is C13H17ClF2O. The summed E-state index contributed by atoms with van der Waals surface area (Å²) in [5.74, 6) is 0. The van der Waals surface area contributed by atoms with Crippen LogP contribution in [-0.2, 0) is 4.74 Å². The summed E-state index contributed by atoms with van der Waals surface area (Å²) in [6.45, 7) is 7.37. The average Bonchev–Trinajstić information content (AvgIpc) is 2.26. The topological polar surface area (TPSA) is 9.23 Å². The lowest BCUT2D eigenvalue weighted by atomic mass is 10.1. The lowest BCUT2D eigenvalue weighted by molar-refractivity contribution is 0.162. The van der Waals surface area contributed by atoms with E-state index in [4.69, 9.17) is 16.3 Å². The summed E-state index contributed by atoms with van der Waals surface area (Å²) in [6.07, 6.45) is -0.901. The van der Waals surface area contributed by atoms with Gasteiger partial charge in [0.2, 0.25) is 0 Å². The van der Waals surface area contributed by atoms with Crippen molar-refractivity contribution in [2.45, 2.75) is 20.8 Å². The Bertz CT molecular complexity index is 358. The molecule has 1 aromatic rings. The van der Waals surface area contributed by atoms with Gasteiger partial charge in [-0.25, -0.2) is 0 Å². The summed E-state index contributed by atoms with van der Waals surface area (Å²) in [5.41, 5.74) is 1.13. The van der Waals surface area contributed by atoms with Crippen molar-refractivity contribution in [2.24, 2.45) is 0 Å². The van der Waals surface area contributed by atoms with E-state index >= 15 is 0 Å². The van der Waals surface area contributed by atoms with Gasteiger partial charge in [0.05, 0.1) is 0 Å². The summed E-state index contributed by atoms with van der Waals surface area (Å²) < 4.78 is 28.5. The van der Waals surface area contributed by atoms with Gasteiger partial charge in [-0.2, -0.15) is 8.78 Å². The molecule has 0 spiro atoms. The Labute approximate surface area is 106 Å². The lowest BCUT2D eigenvalue weighted by Crippen LogP contribution is -1.84. The van der Waals surface area contributed by atoms with E-state index in [2.05, 4.69) is 0 Å². The molecule has 0 aliphatic rings. The van der Waals surface area contributed by atoms with Gasteiger partial charge in [0, 0.05) is 24.3 Å². The van der Waals surface area contributed by atoms with Crippen LogP contribution in [0.2, 0.25) is 5.02 Å². The lowest BCUT2D eigenvalue weighted by Gasteiger charge is -2.00. The first-order valence-electron chi connectivity index (χ1n) is 5.38. The third-order valence-electron chi connectivity index (χ3n) is 1.98. The minimum Gasteiger partial charge on any atom is -0.382 e. The van der Waals surface area contributed by atoms with E-state index in [-0.39, 0.29) is 0 Å². The molecule has 0 bridgehead atoms. The summed E-state index contributed by atoms with van der Waals surface area (Å²) in [4.78, 5) is 0. The molecule has 1 aromatic carbocycles. The highest BCUT2D eigenvalue weighted by Crippen LogP contribution is 2.21. The van der Waals surface area contributed by atoms with Gasteiger partial charge in [-0.05, 0) is 38.0 Å². The Morgan fingerprint density at radius 2 is 1.88 bits per heavy atom. The van der Waals surface area contributed by atoms with E-state index in [1.165, 1.54) is 0 Å². The van der Waals surface area contributed by atoms with Crippen LogP contribution >= 0.6 is 11.6 Å². The molecule has 0 atom stereocenters. The van der Waals surface area contributed by atoms with Gasteiger partial charge in [-0.15, -0.1) is 0 Å². The number of benzene rings is 1. The van der Waals surface area contributed by atoms with E-state index in [1.54, 1.807) is 25.1 Å². The van der Waals surface area contributed by atoms with Gasteiger partial charge in [-0.3, -0.25) is 0 Å². The van der Waals surface area contributed by atoms with Gasteiger partial charge >= 0.3 is 0 Å². The SMILES string of the molecule is CCOCC.Cc1c(Cl)cccc1C=C(F)F. The van der Waals surface area contributed by atoms with Crippen LogP contribution in [-0.4, -0.2) is 13.2 Å². The zero-order valence-corrected chi connectivity index (χ0v) is 11.0. The van der Waals surface area contributed by atoms with Crippen LogP contribution in [0.25, 0.3) is 6.08 Å². The molecule has 0 heterocycles. The summed E-state index contributed by atoms with van der Waals surface area (Å²) in [5, 5.41) is 0.505. The Morgan fingerprint density at radius 3 is 2.29 bits per heavy atom. The molecule has 1 rings (SSSR count). The van der Waals surface area contributed by atoms with Crippen molar-refractivity contribution in [1.29, 1.82) is 0 Å². The second kappa shape index (κ2) is 9.14. The smallest absolute Gasteiger partial charge is 0.270 e. The maximum atomic E-state index is 11.9. The Hall–Kier alpha value is -0.930. The normalized spacial score (nSPS) is 9.29. The fourth-order valence-electron chi connectivity index (χ4n) is 1.10. The highest BCUT2D eigenvalue weighted by molar-refractivity contribution is 6.31. The molecule has 0 saturated heterocycles. The second-order valence-corrected chi connectivity index (χ2v) is 3.58. The minimum atomic E-state index is -1.71. The molecule has 1 nitrogen and oxygen atoms in total. The third-order valence-corrected chi connectivity index (χ3v) is 2.39. The summed E-state index contributed by atoms with van der Waals surface area (Å²) in [6, 6.07) is 4.91. The maximum absolute atomic E-state index is 11.9. The molecule has 4 heteroatoms. The van der Waals surface area contributed by atoms with E-state index in [0.29, 0.717) is 16.1 Å². The predicted octanol–water partition coefficient (Wildman–Crippen LogP) is 4.93. The molecule has 0 radical (unpaired) electrons. The standard InChI is InChI=1S/C9H7ClF2.C4H10O/c1-6-7(5-9(11)12)3-2-4-8(6)10;1-3-5-4-2/h2-5H,1H3;3-4H2,1-2H3. The van der Waals surface area contributed by atoms with Crippen LogP contribution in [0.5, 0.6) is 0 Å². The molecule has 0 saturated carbocycles. The van der Waals surface area contributed by atoms with Gasteiger partial charge in [-0.1, -0.05) is 23.7 Å². The van der Waals surface area contributed by atoms with Gasteiger partial charge in [0.15, 0.2) is 0 Å². The summed E-state index contributed by atoms with van der Waals surface area (Å²) >= 11 is 5.72. The monoisotopic (exact) mass is 262 g/mol. The zero-order valence-electron chi connectivity index (χ0n) is 10.3. The Balaban J connectivity index is 0.000000437. The van der Waals surface area contributed by atoms with E-state index in [1.807, 2.05) is 13.8 Å². The molecule has 0 aromatic heterocycles. The van der Waals surface area contributed by atoms with E-state index < -0.39 is 6.08 Å². The molecule has 0 aliphatic heterocycles. The number of hydrogen-bond acceptors (Lipinski definition) is 1. The van der Waals surface area contributed by atoms with Crippen molar-refractivity contribution in [3.8, 4) is 0 Å². The van der Waals surface area contributed by atoms with Crippen molar-refractivity contribution >= 4 is 17.7 Å². The highest BCUT2D eigenvalue weighted by Gasteiger charge is 2.00. The summed E-state index contributed by atoms with van der Waals surface area (Å²) in [7, 11) is 0. The molecule has 0 aliphatic carbocycles. The van der Waals surface area contributed by atoms with Crippen molar-refractivity contribution in [2.75, 3.05) is 13.2 Å². The molecule has 0 N–H and O–H groups in total. The fourth-order valence-corrected chi connectivity index (χ4v) is 1.28. The van der Waals surface area contributed by atoms with Crippen molar-refractivity contribution in [1.82, 2.24) is 0 Å². The van der Waals surface area contributed by atoms with Crippen molar-refractivity contribution < 1.29 is 13.5 Å². The first kappa shape index (κ1) is 16.1. The van der Waals surface area contributed by atoms with Gasteiger partial charge in [0.1, 0.15) is 0 Å². The molecule has 0 unspecified atom stereocenters. The Kier molecular flexibility index (Phi) is 8.64. The quantitative estimate of drug-likeness (QED) is 0.751. The molecule has 96 valence electrons. The number of hydrogen-bond donors (Lipinski definition) is 0. The van der Waals surface area contributed by atoms with E-state index in [9.17, 15) is 8.78 Å². The van der Waals surface area contributed by atoms with E-state index in [0.717, 1.165) is 19.3 Å². The fraction of sp³-hybridized carbons (Fsp3) is 0.385. The predicted molar refractivity (Wildman–Crippen MR) is 68.5 cm³/mol. The van der Waals surface area contributed by atoms with Crippen molar-refractivity contribution in [3.63, 3.8) is 0 Å². The van der Waals surface area contributed by atoms with Gasteiger partial charge in [0.25, 0.3) is 6.08 Å². The van der Waals surface area contributed by atoms with Crippen LogP contribution in [0, 0.1) is 6.92 Å². The zero-order chi connectivity index (χ0) is 13.3. The van der Waals surface area contributed by atoms with Crippen molar-refractivity contribution in [3.05, 3.63) is 40.4 Å². The number of ether oxygens (including phenoxy) is 1. The van der Waals surface area contributed by atoms with Gasteiger partial charge < -0.3 is 4.74 Å². The third kappa shape index (κ3) is 7.08. The number of rotatable bonds is 3. The highest BCUT2D eigenvalue weighted by atomic mass is 35.5.